The van der Waals surface area contributed by atoms with E-state index in [0.717, 1.165) is 12.8 Å². The maximum atomic E-state index is 10.7. The van der Waals surface area contributed by atoms with Crippen molar-refractivity contribution in [3.05, 3.63) is 27.4 Å². The van der Waals surface area contributed by atoms with E-state index in [1.807, 2.05) is 6.92 Å². The fourth-order valence-electron chi connectivity index (χ4n) is 1.39. The zero-order chi connectivity index (χ0) is 13.1. The molecule has 0 saturated heterocycles. The topological polar surface area (TPSA) is 68.1 Å². The van der Waals surface area contributed by atoms with Gasteiger partial charge in [0.1, 0.15) is 11.0 Å². The van der Waals surface area contributed by atoms with E-state index in [4.69, 9.17) is 11.6 Å². The molecule has 1 aromatic rings. The number of aromatic nitrogens is 1. The predicted molar refractivity (Wildman–Crippen MR) is 68.5 cm³/mol. The van der Waals surface area contributed by atoms with Crippen molar-refractivity contribution in [1.29, 1.82) is 0 Å². The lowest BCUT2D eigenvalue weighted by atomic mass is 9.95. The van der Waals surface area contributed by atoms with Gasteiger partial charge in [0.05, 0.1) is 17.1 Å². The van der Waals surface area contributed by atoms with Crippen LogP contribution in [-0.4, -0.2) is 15.4 Å². The van der Waals surface area contributed by atoms with Crippen molar-refractivity contribution in [3.8, 4) is 0 Å². The van der Waals surface area contributed by atoms with Gasteiger partial charge < -0.3 is 5.32 Å². The fourth-order valence-corrected chi connectivity index (χ4v) is 1.59. The van der Waals surface area contributed by atoms with E-state index in [2.05, 4.69) is 24.1 Å². The van der Waals surface area contributed by atoms with Gasteiger partial charge in [-0.25, -0.2) is 4.98 Å². The molecule has 1 aromatic heterocycles. The Morgan fingerprint density at radius 1 is 1.47 bits per heavy atom. The lowest BCUT2D eigenvalue weighted by Gasteiger charge is -2.28. The number of nitrogens with one attached hydrogen (secondary N) is 1. The third-order valence-corrected chi connectivity index (χ3v) is 3.17. The lowest BCUT2D eigenvalue weighted by molar-refractivity contribution is -0.384. The average Bonchev–Trinajstić information content (AvgIpc) is 2.28. The van der Waals surface area contributed by atoms with Crippen molar-refractivity contribution >= 4 is 23.1 Å². The molecule has 94 valence electrons. The van der Waals surface area contributed by atoms with Crippen LogP contribution in [0, 0.1) is 10.1 Å². The molecule has 17 heavy (non-hydrogen) atoms. The number of nitro groups is 1. The van der Waals surface area contributed by atoms with Crippen LogP contribution in [0.25, 0.3) is 0 Å². The molecule has 0 unspecified atom stereocenters. The molecule has 6 heteroatoms. The molecule has 5 nitrogen and oxygen atoms in total. The highest BCUT2D eigenvalue weighted by Crippen LogP contribution is 2.25. The first-order chi connectivity index (χ1) is 7.90. The van der Waals surface area contributed by atoms with E-state index in [1.54, 1.807) is 0 Å². The Labute approximate surface area is 105 Å². The number of pyridine rings is 1. The summed E-state index contributed by atoms with van der Waals surface area (Å²) >= 11 is 5.75. The summed E-state index contributed by atoms with van der Waals surface area (Å²) in [6.07, 6.45) is 1.79. The van der Waals surface area contributed by atoms with Crippen LogP contribution in [0.1, 0.15) is 33.6 Å². The Balaban J connectivity index is 3.02. The van der Waals surface area contributed by atoms with Gasteiger partial charge in [-0.05, 0) is 19.8 Å². The van der Waals surface area contributed by atoms with Crippen molar-refractivity contribution in [2.24, 2.45) is 0 Å². The van der Waals surface area contributed by atoms with Crippen LogP contribution in [0.3, 0.4) is 0 Å². The van der Waals surface area contributed by atoms with E-state index in [9.17, 15) is 10.1 Å². The van der Waals surface area contributed by atoms with Crippen LogP contribution in [0.5, 0.6) is 0 Å². The third kappa shape index (κ3) is 3.56. The van der Waals surface area contributed by atoms with Crippen molar-refractivity contribution in [2.75, 3.05) is 5.32 Å². The van der Waals surface area contributed by atoms with Gasteiger partial charge in [-0.2, -0.15) is 0 Å². The molecule has 0 spiro atoms. The van der Waals surface area contributed by atoms with Crippen molar-refractivity contribution in [3.63, 3.8) is 0 Å². The summed E-state index contributed by atoms with van der Waals surface area (Å²) in [6, 6.07) is 2.64. The minimum Gasteiger partial charge on any atom is -0.365 e. The number of hydrogen-bond donors (Lipinski definition) is 1. The van der Waals surface area contributed by atoms with Gasteiger partial charge in [-0.1, -0.05) is 25.4 Å². The summed E-state index contributed by atoms with van der Waals surface area (Å²) < 4.78 is 0. The molecule has 0 fully saturated rings. The van der Waals surface area contributed by atoms with Crippen molar-refractivity contribution in [2.45, 2.75) is 39.2 Å². The monoisotopic (exact) mass is 257 g/mol. The first-order valence-electron chi connectivity index (χ1n) is 5.50. The number of halogens is 1. The molecule has 1 heterocycles. The molecule has 0 aromatic carbocycles. The molecule has 0 saturated carbocycles. The number of rotatable bonds is 5. The number of hydrogen-bond acceptors (Lipinski definition) is 4. The highest BCUT2D eigenvalue weighted by atomic mass is 35.5. The molecular formula is C11H16ClN3O2. The van der Waals surface area contributed by atoms with Crippen LogP contribution in [0.4, 0.5) is 11.5 Å². The summed E-state index contributed by atoms with van der Waals surface area (Å²) in [4.78, 5) is 14.3. The summed E-state index contributed by atoms with van der Waals surface area (Å²) in [6.45, 7) is 6.15. The molecule has 0 radical (unpaired) electrons. The maximum Gasteiger partial charge on any atom is 0.276 e. The summed E-state index contributed by atoms with van der Waals surface area (Å²) in [5.41, 5.74) is -0.187. The smallest absolute Gasteiger partial charge is 0.276 e. The van der Waals surface area contributed by atoms with Crippen LogP contribution < -0.4 is 5.32 Å². The molecule has 0 atom stereocenters. The van der Waals surface area contributed by atoms with Crippen LogP contribution in [-0.2, 0) is 0 Å². The normalized spacial score (nSPS) is 11.3. The molecule has 0 bridgehead atoms. The van der Waals surface area contributed by atoms with Crippen LogP contribution in [0.2, 0.25) is 5.15 Å². The predicted octanol–water partition coefficient (Wildman–Crippen LogP) is 3.63. The minimum absolute atomic E-state index is 0.0537. The SMILES string of the molecule is CCC(C)(CC)Nc1cc([N+](=O)[O-])cc(Cl)n1. The summed E-state index contributed by atoms with van der Waals surface area (Å²) in [7, 11) is 0. The Morgan fingerprint density at radius 2 is 2.06 bits per heavy atom. The van der Waals surface area contributed by atoms with Crippen LogP contribution >= 0.6 is 11.6 Å². The molecule has 0 aliphatic carbocycles. The third-order valence-electron chi connectivity index (χ3n) is 2.98. The molecule has 1 N–H and O–H groups in total. The standard InChI is InChI=1S/C11H16ClN3O2/c1-4-11(3,5-2)14-10-7-8(15(16)17)6-9(12)13-10/h6-7H,4-5H2,1-3H3,(H,13,14). The molecule has 0 amide bonds. The zero-order valence-corrected chi connectivity index (χ0v) is 10.9. The van der Waals surface area contributed by atoms with E-state index < -0.39 is 4.92 Å². The van der Waals surface area contributed by atoms with Gasteiger partial charge in [0.25, 0.3) is 5.69 Å². The number of nitrogens with zero attached hydrogens (tertiary/aromatic N) is 2. The highest BCUT2D eigenvalue weighted by molar-refractivity contribution is 6.29. The van der Waals surface area contributed by atoms with E-state index in [0.29, 0.717) is 5.82 Å². The second-order valence-electron chi connectivity index (χ2n) is 4.18. The largest absolute Gasteiger partial charge is 0.365 e. The van der Waals surface area contributed by atoms with E-state index in [1.165, 1.54) is 12.1 Å². The van der Waals surface area contributed by atoms with Crippen molar-refractivity contribution in [1.82, 2.24) is 4.98 Å². The number of anilines is 1. The zero-order valence-electron chi connectivity index (χ0n) is 10.2. The fraction of sp³-hybridized carbons (Fsp3) is 0.545. The Kier molecular flexibility index (Phi) is 4.28. The van der Waals surface area contributed by atoms with Crippen LogP contribution in [0.15, 0.2) is 12.1 Å². The first kappa shape index (κ1) is 13.7. The maximum absolute atomic E-state index is 10.7. The Morgan fingerprint density at radius 3 is 2.53 bits per heavy atom. The van der Waals surface area contributed by atoms with Gasteiger partial charge >= 0.3 is 0 Å². The Hall–Kier alpha value is -1.36. The van der Waals surface area contributed by atoms with Gasteiger partial charge in [0.2, 0.25) is 0 Å². The van der Waals surface area contributed by atoms with Gasteiger partial charge in [0.15, 0.2) is 0 Å². The molecular weight excluding hydrogens is 242 g/mol. The second-order valence-corrected chi connectivity index (χ2v) is 4.57. The van der Waals surface area contributed by atoms with Crippen molar-refractivity contribution < 1.29 is 4.92 Å². The Bertz CT molecular complexity index is 419. The van der Waals surface area contributed by atoms with Gasteiger partial charge in [0, 0.05) is 5.54 Å². The minimum atomic E-state index is -0.478. The highest BCUT2D eigenvalue weighted by Gasteiger charge is 2.21. The summed E-state index contributed by atoms with van der Waals surface area (Å²) in [5, 5.41) is 14.0. The summed E-state index contributed by atoms with van der Waals surface area (Å²) in [5.74, 6) is 0.440. The van der Waals surface area contributed by atoms with Gasteiger partial charge in [-0.3, -0.25) is 10.1 Å². The second kappa shape index (κ2) is 5.31. The quantitative estimate of drug-likeness (QED) is 0.497. The first-order valence-corrected chi connectivity index (χ1v) is 5.88. The van der Waals surface area contributed by atoms with E-state index >= 15 is 0 Å². The lowest BCUT2D eigenvalue weighted by Crippen LogP contribution is -2.33. The van der Waals surface area contributed by atoms with E-state index in [-0.39, 0.29) is 16.4 Å². The molecule has 1 rings (SSSR count). The molecule has 0 aliphatic rings. The van der Waals surface area contributed by atoms with Gasteiger partial charge in [-0.15, -0.1) is 0 Å². The molecule has 0 aliphatic heterocycles. The average molecular weight is 258 g/mol.